The van der Waals surface area contributed by atoms with Crippen molar-refractivity contribution in [1.29, 1.82) is 0 Å². The number of non-ortho nitro benzene ring substituents is 1. The number of carbonyl (C=O) groups is 2. The number of amides is 2. The highest BCUT2D eigenvalue weighted by Gasteiger charge is 2.05. The van der Waals surface area contributed by atoms with Crippen LogP contribution in [0.1, 0.15) is 5.56 Å². The number of carbonyl (C=O) groups excluding carboxylic acids is 1. The maximum atomic E-state index is 11.4. The highest BCUT2D eigenvalue weighted by molar-refractivity contribution is 5.73. The third-order valence-electron chi connectivity index (χ3n) is 2.36. The molecule has 1 rings (SSSR count). The van der Waals surface area contributed by atoms with E-state index in [2.05, 4.69) is 10.6 Å². The Morgan fingerprint density at radius 1 is 1.24 bits per heavy atom. The molecule has 0 spiro atoms. The number of aliphatic carboxylic acids is 1. The standard InChI is InChI=1S/C12H15N3O6/c16-11(17)8-21-6-5-13-12(18)14-7-9-1-3-10(4-2-9)15(19)20/h1-4H,5-8H2,(H,16,17)(H2,13,14,18). The molecular weight excluding hydrogens is 282 g/mol. The first-order valence-electron chi connectivity index (χ1n) is 6.03. The summed E-state index contributed by atoms with van der Waals surface area (Å²) in [7, 11) is 0. The summed E-state index contributed by atoms with van der Waals surface area (Å²) >= 11 is 0. The highest BCUT2D eigenvalue weighted by atomic mass is 16.6. The number of rotatable bonds is 8. The highest BCUT2D eigenvalue weighted by Crippen LogP contribution is 2.11. The molecule has 0 aliphatic rings. The number of nitrogens with one attached hydrogen (secondary N) is 2. The van der Waals surface area contributed by atoms with Gasteiger partial charge in [-0.15, -0.1) is 0 Å². The third-order valence-corrected chi connectivity index (χ3v) is 2.36. The number of nitro groups is 1. The van der Waals surface area contributed by atoms with Crippen molar-refractivity contribution in [2.45, 2.75) is 6.54 Å². The monoisotopic (exact) mass is 297 g/mol. The van der Waals surface area contributed by atoms with Crippen LogP contribution in [0.3, 0.4) is 0 Å². The molecule has 0 saturated carbocycles. The smallest absolute Gasteiger partial charge is 0.329 e. The van der Waals surface area contributed by atoms with E-state index >= 15 is 0 Å². The molecule has 0 unspecified atom stereocenters. The Bertz CT molecular complexity index is 502. The first-order chi connectivity index (χ1) is 9.99. The second-order valence-electron chi connectivity index (χ2n) is 3.98. The van der Waals surface area contributed by atoms with Crippen LogP contribution in [-0.4, -0.2) is 41.8 Å². The zero-order valence-electron chi connectivity index (χ0n) is 11.1. The number of carboxylic acids is 1. The van der Waals surface area contributed by atoms with Gasteiger partial charge < -0.3 is 20.5 Å². The molecular formula is C12H15N3O6. The topological polar surface area (TPSA) is 131 Å². The maximum absolute atomic E-state index is 11.4. The Hall–Kier alpha value is -2.68. The van der Waals surface area contributed by atoms with Crippen LogP contribution in [0.2, 0.25) is 0 Å². The van der Waals surface area contributed by atoms with Gasteiger partial charge in [0.25, 0.3) is 5.69 Å². The van der Waals surface area contributed by atoms with Gasteiger partial charge in [-0.3, -0.25) is 10.1 Å². The lowest BCUT2D eigenvalue weighted by Gasteiger charge is -2.07. The van der Waals surface area contributed by atoms with Crippen LogP contribution in [0.25, 0.3) is 0 Å². The van der Waals surface area contributed by atoms with Crippen LogP contribution in [0.5, 0.6) is 0 Å². The van der Waals surface area contributed by atoms with Crippen LogP contribution in [-0.2, 0) is 16.1 Å². The van der Waals surface area contributed by atoms with Gasteiger partial charge in [0.2, 0.25) is 0 Å². The summed E-state index contributed by atoms with van der Waals surface area (Å²) in [6.45, 7) is 0.0858. The third kappa shape index (κ3) is 6.87. The zero-order chi connectivity index (χ0) is 15.7. The van der Waals surface area contributed by atoms with Gasteiger partial charge in [0.1, 0.15) is 6.61 Å². The molecule has 0 saturated heterocycles. The van der Waals surface area contributed by atoms with E-state index in [1.165, 1.54) is 12.1 Å². The Labute approximate surface area is 120 Å². The van der Waals surface area contributed by atoms with E-state index < -0.39 is 23.5 Å². The second kappa shape index (κ2) is 8.48. The summed E-state index contributed by atoms with van der Waals surface area (Å²) in [6, 6.07) is 5.37. The van der Waals surface area contributed by atoms with Gasteiger partial charge in [-0.1, -0.05) is 12.1 Å². The lowest BCUT2D eigenvalue weighted by Crippen LogP contribution is -2.37. The SMILES string of the molecule is O=C(O)COCCNC(=O)NCc1ccc([N+](=O)[O-])cc1. The number of hydrogen-bond donors (Lipinski definition) is 3. The number of nitro benzene ring substituents is 1. The molecule has 0 radical (unpaired) electrons. The van der Waals surface area contributed by atoms with Crippen molar-refractivity contribution in [3.8, 4) is 0 Å². The van der Waals surface area contributed by atoms with E-state index in [4.69, 9.17) is 9.84 Å². The largest absolute Gasteiger partial charge is 0.480 e. The number of urea groups is 1. The van der Waals surface area contributed by atoms with Gasteiger partial charge >= 0.3 is 12.0 Å². The molecule has 114 valence electrons. The number of benzene rings is 1. The van der Waals surface area contributed by atoms with Crippen molar-refractivity contribution in [3.05, 3.63) is 39.9 Å². The minimum atomic E-state index is -1.07. The summed E-state index contributed by atoms with van der Waals surface area (Å²) in [6.07, 6.45) is 0. The molecule has 0 fully saturated rings. The number of ether oxygens (including phenoxy) is 1. The van der Waals surface area contributed by atoms with Gasteiger partial charge in [0.05, 0.1) is 11.5 Å². The Morgan fingerprint density at radius 3 is 2.48 bits per heavy atom. The quantitative estimate of drug-likeness (QED) is 0.363. The predicted molar refractivity (Wildman–Crippen MR) is 71.8 cm³/mol. The minimum Gasteiger partial charge on any atom is -0.480 e. The van der Waals surface area contributed by atoms with E-state index in [1.807, 2.05) is 0 Å². The van der Waals surface area contributed by atoms with Crippen LogP contribution in [0.4, 0.5) is 10.5 Å². The Morgan fingerprint density at radius 2 is 1.90 bits per heavy atom. The van der Waals surface area contributed by atoms with Crippen LogP contribution in [0.15, 0.2) is 24.3 Å². The van der Waals surface area contributed by atoms with Gasteiger partial charge in [0, 0.05) is 25.2 Å². The fourth-order valence-electron chi connectivity index (χ4n) is 1.38. The minimum absolute atomic E-state index is 0.0150. The Balaban J connectivity index is 2.20. The Kier molecular flexibility index (Phi) is 6.61. The van der Waals surface area contributed by atoms with E-state index in [9.17, 15) is 19.7 Å². The predicted octanol–water partition coefficient (Wildman–Crippen LogP) is 0.495. The number of nitrogens with zero attached hydrogens (tertiary/aromatic N) is 1. The lowest BCUT2D eigenvalue weighted by molar-refractivity contribution is -0.384. The summed E-state index contributed by atoms with van der Waals surface area (Å²) in [5.41, 5.74) is 0.705. The van der Waals surface area contributed by atoms with Gasteiger partial charge in [-0.05, 0) is 5.56 Å². The molecule has 0 bridgehead atoms. The van der Waals surface area contributed by atoms with Crippen LogP contribution in [0, 0.1) is 10.1 Å². The molecule has 1 aromatic rings. The van der Waals surface area contributed by atoms with Crippen LogP contribution >= 0.6 is 0 Å². The normalized spacial score (nSPS) is 9.90. The second-order valence-corrected chi connectivity index (χ2v) is 3.98. The molecule has 0 aliphatic carbocycles. The molecule has 3 N–H and O–H groups in total. The number of carboxylic acid groups (broad SMARTS) is 1. The number of hydrogen-bond acceptors (Lipinski definition) is 5. The first kappa shape index (κ1) is 16.4. The molecule has 0 atom stereocenters. The van der Waals surface area contributed by atoms with Crippen molar-refractivity contribution < 1.29 is 24.4 Å². The zero-order valence-corrected chi connectivity index (χ0v) is 11.1. The van der Waals surface area contributed by atoms with E-state index in [1.54, 1.807) is 12.1 Å². The molecule has 21 heavy (non-hydrogen) atoms. The molecule has 9 nitrogen and oxygen atoms in total. The van der Waals surface area contributed by atoms with Crippen molar-refractivity contribution in [1.82, 2.24) is 10.6 Å². The van der Waals surface area contributed by atoms with Crippen molar-refractivity contribution in [2.24, 2.45) is 0 Å². The lowest BCUT2D eigenvalue weighted by atomic mass is 10.2. The van der Waals surface area contributed by atoms with Crippen molar-refractivity contribution >= 4 is 17.7 Å². The fourth-order valence-corrected chi connectivity index (χ4v) is 1.38. The summed E-state index contributed by atoms with van der Waals surface area (Å²) in [5, 5.41) is 23.8. The van der Waals surface area contributed by atoms with Crippen molar-refractivity contribution in [3.63, 3.8) is 0 Å². The molecule has 0 aliphatic heterocycles. The van der Waals surface area contributed by atoms with E-state index in [-0.39, 0.29) is 25.4 Å². The van der Waals surface area contributed by atoms with E-state index in [0.717, 1.165) is 5.56 Å². The van der Waals surface area contributed by atoms with Crippen molar-refractivity contribution in [2.75, 3.05) is 19.8 Å². The van der Waals surface area contributed by atoms with Crippen LogP contribution < -0.4 is 10.6 Å². The average molecular weight is 297 g/mol. The maximum Gasteiger partial charge on any atom is 0.329 e. The fraction of sp³-hybridized carbons (Fsp3) is 0.333. The van der Waals surface area contributed by atoms with Gasteiger partial charge in [-0.2, -0.15) is 0 Å². The van der Waals surface area contributed by atoms with E-state index in [0.29, 0.717) is 0 Å². The molecule has 9 heteroatoms. The molecule has 1 aromatic carbocycles. The average Bonchev–Trinajstić information content (AvgIpc) is 2.44. The summed E-state index contributed by atoms with van der Waals surface area (Å²) < 4.78 is 4.74. The molecule has 2 amide bonds. The molecule has 0 heterocycles. The summed E-state index contributed by atoms with van der Waals surface area (Å²) in [4.78, 5) is 31.5. The van der Waals surface area contributed by atoms with Gasteiger partial charge in [0.15, 0.2) is 0 Å². The first-order valence-corrected chi connectivity index (χ1v) is 6.03. The summed E-state index contributed by atoms with van der Waals surface area (Å²) in [5.74, 6) is -1.07. The molecule has 0 aromatic heterocycles. The van der Waals surface area contributed by atoms with Gasteiger partial charge in [-0.25, -0.2) is 9.59 Å².